The summed E-state index contributed by atoms with van der Waals surface area (Å²) in [5, 5.41) is 0. The van der Waals surface area contributed by atoms with Crippen molar-refractivity contribution in [2.75, 3.05) is 20.8 Å². The fourth-order valence-corrected chi connectivity index (χ4v) is 1.79. The Morgan fingerprint density at radius 1 is 1.08 bits per heavy atom. The number of methoxy groups -OCH3 is 2. The number of ether oxygens (including phenoxy) is 3. The van der Waals surface area contributed by atoms with Crippen LogP contribution in [0.1, 0.15) is 19.8 Å². The Morgan fingerprint density at radius 2 is 1.58 bits per heavy atom. The molecule has 12 heavy (non-hydrogen) atoms. The van der Waals surface area contributed by atoms with Gasteiger partial charge < -0.3 is 14.2 Å². The maximum absolute atomic E-state index is 5.51. The summed E-state index contributed by atoms with van der Waals surface area (Å²) in [6.07, 6.45) is 2.68. The molecule has 2 atom stereocenters. The zero-order valence-electron chi connectivity index (χ0n) is 8.08. The lowest BCUT2D eigenvalue weighted by Gasteiger charge is -2.14. The predicted molar refractivity (Wildman–Crippen MR) is 46.2 cm³/mol. The molecule has 0 aromatic carbocycles. The van der Waals surface area contributed by atoms with Gasteiger partial charge in [-0.2, -0.15) is 0 Å². The standard InChI is InChI=1S/C9H18O3/c1-4-12-7-5-8(10-2)9(6-7)11-3/h7-9H,4-6H2,1-3H3. The molecule has 0 N–H and O–H groups in total. The van der Waals surface area contributed by atoms with E-state index < -0.39 is 0 Å². The largest absolute Gasteiger partial charge is 0.379 e. The van der Waals surface area contributed by atoms with Gasteiger partial charge in [0.25, 0.3) is 0 Å². The summed E-state index contributed by atoms with van der Waals surface area (Å²) in [5.74, 6) is 0. The Balaban J connectivity index is 2.36. The molecular formula is C9H18O3. The zero-order chi connectivity index (χ0) is 8.97. The van der Waals surface area contributed by atoms with E-state index in [1.54, 1.807) is 14.2 Å². The minimum Gasteiger partial charge on any atom is -0.379 e. The van der Waals surface area contributed by atoms with Gasteiger partial charge in [0.2, 0.25) is 0 Å². The van der Waals surface area contributed by atoms with Crippen LogP contribution in [0, 0.1) is 0 Å². The molecule has 2 unspecified atom stereocenters. The molecule has 1 saturated carbocycles. The molecule has 3 heteroatoms. The molecule has 0 spiro atoms. The molecule has 1 rings (SSSR count). The van der Waals surface area contributed by atoms with Crippen LogP contribution in [0.3, 0.4) is 0 Å². The second-order valence-corrected chi connectivity index (χ2v) is 3.10. The van der Waals surface area contributed by atoms with Gasteiger partial charge in [-0.1, -0.05) is 0 Å². The Kier molecular flexibility index (Phi) is 3.98. The molecule has 0 aliphatic heterocycles. The van der Waals surface area contributed by atoms with Gasteiger partial charge in [0.15, 0.2) is 0 Å². The monoisotopic (exact) mass is 174 g/mol. The van der Waals surface area contributed by atoms with E-state index in [-0.39, 0.29) is 12.2 Å². The van der Waals surface area contributed by atoms with Crippen LogP contribution in [0.2, 0.25) is 0 Å². The van der Waals surface area contributed by atoms with E-state index in [1.807, 2.05) is 6.92 Å². The molecule has 0 radical (unpaired) electrons. The first-order chi connectivity index (χ1) is 5.81. The Bertz CT molecular complexity index is 115. The number of rotatable bonds is 4. The lowest BCUT2D eigenvalue weighted by molar-refractivity contribution is -0.0157. The van der Waals surface area contributed by atoms with Crippen LogP contribution in [0.4, 0.5) is 0 Å². The van der Waals surface area contributed by atoms with Gasteiger partial charge in [-0.25, -0.2) is 0 Å². The summed E-state index contributed by atoms with van der Waals surface area (Å²) in [7, 11) is 3.45. The van der Waals surface area contributed by atoms with Crippen LogP contribution >= 0.6 is 0 Å². The van der Waals surface area contributed by atoms with Crippen molar-refractivity contribution >= 4 is 0 Å². The van der Waals surface area contributed by atoms with Gasteiger partial charge in [0, 0.05) is 33.7 Å². The number of hydrogen-bond acceptors (Lipinski definition) is 3. The molecule has 0 saturated heterocycles. The Morgan fingerprint density at radius 3 is 1.92 bits per heavy atom. The summed E-state index contributed by atoms with van der Waals surface area (Å²) in [6, 6.07) is 0. The van der Waals surface area contributed by atoms with Crippen LogP contribution in [-0.2, 0) is 14.2 Å². The molecule has 1 aliphatic carbocycles. The topological polar surface area (TPSA) is 27.7 Å². The van der Waals surface area contributed by atoms with Crippen molar-refractivity contribution in [3.05, 3.63) is 0 Å². The van der Waals surface area contributed by atoms with Crippen LogP contribution in [0.25, 0.3) is 0 Å². The lowest BCUT2D eigenvalue weighted by Crippen LogP contribution is -2.23. The van der Waals surface area contributed by atoms with E-state index in [1.165, 1.54) is 0 Å². The van der Waals surface area contributed by atoms with Gasteiger partial charge in [-0.05, 0) is 6.92 Å². The first-order valence-electron chi connectivity index (χ1n) is 4.49. The van der Waals surface area contributed by atoms with Crippen molar-refractivity contribution in [1.82, 2.24) is 0 Å². The van der Waals surface area contributed by atoms with Gasteiger partial charge in [-0.3, -0.25) is 0 Å². The molecular weight excluding hydrogens is 156 g/mol. The Labute approximate surface area is 74.0 Å². The van der Waals surface area contributed by atoms with Crippen LogP contribution in [0.5, 0.6) is 0 Å². The third-order valence-electron chi connectivity index (χ3n) is 2.41. The third-order valence-corrected chi connectivity index (χ3v) is 2.41. The van der Waals surface area contributed by atoms with Crippen molar-refractivity contribution in [2.24, 2.45) is 0 Å². The van der Waals surface area contributed by atoms with E-state index in [0.717, 1.165) is 19.4 Å². The fraction of sp³-hybridized carbons (Fsp3) is 1.00. The highest BCUT2D eigenvalue weighted by Gasteiger charge is 2.34. The average Bonchev–Trinajstić information content (AvgIpc) is 2.48. The maximum Gasteiger partial charge on any atom is 0.0858 e. The normalized spacial score (nSPS) is 35.8. The SMILES string of the molecule is CCOC1CC(OC)C(OC)C1. The molecule has 1 fully saturated rings. The molecule has 1 aliphatic rings. The molecule has 3 nitrogen and oxygen atoms in total. The first kappa shape index (κ1) is 9.96. The maximum atomic E-state index is 5.51. The van der Waals surface area contributed by atoms with Crippen LogP contribution in [0.15, 0.2) is 0 Å². The third kappa shape index (κ3) is 2.19. The second-order valence-electron chi connectivity index (χ2n) is 3.10. The quantitative estimate of drug-likeness (QED) is 0.641. The summed E-state index contributed by atoms with van der Waals surface area (Å²) in [4.78, 5) is 0. The molecule has 0 aromatic heterocycles. The van der Waals surface area contributed by atoms with E-state index in [2.05, 4.69) is 0 Å². The van der Waals surface area contributed by atoms with E-state index in [0.29, 0.717) is 6.10 Å². The van der Waals surface area contributed by atoms with Gasteiger partial charge in [0.1, 0.15) is 0 Å². The highest BCUT2D eigenvalue weighted by molar-refractivity contribution is 4.85. The molecule has 0 heterocycles. The first-order valence-corrected chi connectivity index (χ1v) is 4.49. The van der Waals surface area contributed by atoms with E-state index in [4.69, 9.17) is 14.2 Å². The van der Waals surface area contributed by atoms with Crippen LogP contribution in [-0.4, -0.2) is 39.1 Å². The van der Waals surface area contributed by atoms with Gasteiger partial charge >= 0.3 is 0 Å². The molecule has 0 bridgehead atoms. The van der Waals surface area contributed by atoms with E-state index in [9.17, 15) is 0 Å². The van der Waals surface area contributed by atoms with Crippen molar-refractivity contribution in [1.29, 1.82) is 0 Å². The van der Waals surface area contributed by atoms with E-state index >= 15 is 0 Å². The minimum absolute atomic E-state index is 0.214. The van der Waals surface area contributed by atoms with Crippen molar-refractivity contribution < 1.29 is 14.2 Å². The number of hydrogen-bond donors (Lipinski definition) is 0. The zero-order valence-corrected chi connectivity index (χ0v) is 8.08. The summed E-state index contributed by atoms with van der Waals surface area (Å²) in [5.41, 5.74) is 0. The van der Waals surface area contributed by atoms with Crippen molar-refractivity contribution in [3.8, 4) is 0 Å². The van der Waals surface area contributed by atoms with Crippen molar-refractivity contribution in [2.45, 2.75) is 38.1 Å². The van der Waals surface area contributed by atoms with Gasteiger partial charge in [0.05, 0.1) is 18.3 Å². The summed E-state index contributed by atoms with van der Waals surface area (Å²) >= 11 is 0. The smallest absolute Gasteiger partial charge is 0.0858 e. The Hall–Kier alpha value is -0.120. The molecule has 0 amide bonds. The molecule has 72 valence electrons. The second kappa shape index (κ2) is 4.80. The lowest BCUT2D eigenvalue weighted by atomic mass is 10.3. The summed E-state index contributed by atoms with van der Waals surface area (Å²) in [6.45, 7) is 2.79. The minimum atomic E-state index is 0.214. The summed E-state index contributed by atoms with van der Waals surface area (Å²) < 4.78 is 16.1. The fourth-order valence-electron chi connectivity index (χ4n) is 1.79. The molecule has 0 aromatic rings. The highest BCUT2D eigenvalue weighted by atomic mass is 16.5. The van der Waals surface area contributed by atoms with Gasteiger partial charge in [-0.15, -0.1) is 0 Å². The average molecular weight is 174 g/mol. The van der Waals surface area contributed by atoms with Crippen LogP contribution < -0.4 is 0 Å². The van der Waals surface area contributed by atoms with Crippen molar-refractivity contribution in [3.63, 3.8) is 0 Å². The predicted octanol–water partition coefficient (Wildman–Crippen LogP) is 1.22. The highest BCUT2D eigenvalue weighted by Crippen LogP contribution is 2.26.